The molecule has 0 saturated carbocycles. The molecule has 2 heteroatoms. The molecule has 2 aromatic carbocycles. The zero-order valence-electron chi connectivity index (χ0n) is 11.2. The van der Waals surface area contributed by atoms with Crippen LogP contribution in [-0.2, 0) is 0 Å². The van der Waals surface area contributed by atoms with Crippen LogP contribution in [0.5, 0.6) is 0 Å². The van der Waals surface area contributed by atoms with Crippen molar-refractivity contribution < 1.29 is 0 Å². The van der Waals surface area contributed by atoms with Gasteiger partial charge in [0.25, 0.3) is 0 Å². The molecule has 0 aliphatic rings. The molecule has 4 aromatic rings. The highest BCUT2D eigenvalue weighted by Crippen LogP contribution is 2.27. The second-order valence-electron chi connectivity index (χ2n) is 5.05. The zero-order chi connectivity index (χ0) is 13.5. The number of fused-ring (bicyclic) bond motifs is 3. The largest absolute Gasteiger partial charge is 0.299 e. The van der Waals surface area contributed by atoms with Crippen molar-refractivity contribution in [1.29, 1.82) is 0 Å². The summed E-state index contributed by atoms with van der Waals surface area (Å²) in [6.07, 6.45) is 4.07. The number of aromatic nitrogens is 2. The summed E-state index contributed by atoms with van der Waals surface area (Å²) >= 11 is 0. The highest BCUT2D eigenvalue weighted by atomic mass is 15.0. The summed E-state index contributed by atoms with van der Waals surface area (Å²) in [6.45, 7) is 2.13. The average Bonchev–Trinajstić information content (AvgIpc) is 2.92. The molecule has 20 heavy (non-hydrogen) atoms. The quantitative estimate of drug-likeness (QED) is 0.492. The van der Waals surface area contributed by atoms with Crippen LogP contribution < -0.4 is 0 Å². The molecule has 0 spiro atoms. The molecular formula is C18H14N2. The van der Waals surface area contributed by atoms with Gasteiger partial charge in [-0.2, -0.15) is 0 Å². The maximum atomic E-state index is 4.63. The van der Waals surface area contributed by atoms with Crippen LogP contribution in [0.3, 0.4) is 0 Å². The highest BCUT2D eigenvalue weighted by Gasteiger charge is 2.09. The Balaban J connectivity index is 2.08. The molecule has 0 atom stereocenters. The molecule has 0 amide bonds. The van der Waals surface area contributed by atoms with Gasteiger partial charge in [0.15, 0.2) is 0 Å². The molecule has 2 aromatic heterocycles. The van der Waals surface area contributed by atoms with Crippen molar-refractivity contribution in [1.82, 2.24) is 9.38 Å². The van der Waals surface area contributed by atoms with Gasteiger partial charge in [-0.3, -0.25) is 4.40 Å². The third kappa shape index (κ3) is 1.55. The predicted molar refractivity (Wildman–Crippen MR) is 82.9 cm³/mol. The van der Waals surface area contributed by atoms with Gasteiger partial charge in [0, 0.05) is 17.1 Å². The summed E-state index contributed by atoms with van der Waals surface area (Å²) in [5.41, 5.74) is 4.66. The summed E-state index contributed by atoms with van der Waals surface area (Å²) in [4.78, 5) is 4.63. The van der Waals surface area contributed by atoms with Gasteiger partial charge in [0.05, 0.1) is 11.9 Å². The first-order chi connectivity index (χ1) is 9.84. The van der Waals surface area contributed by atoms with Crippen LogP contribution in [-0.4, -0.2) is 9.38 Å². The number of hydrogen-bond donors (Lipinski definition) is 0. The van der Waals surface area contributed by atoms with Crippen LogP contribution in [0, 0.1) is 6.92 Å². The van der Waals surface area contributed by atoms with Gasteiger partial charge in [-0.05, 0) is 23.9 Å². The molecule has 0 aliphatic carbocycles. The minimum Gasteiger partial charge on any atom is -0.299 e. The van der Waals surface area contributed by atoms with Crippen LogP contribution in [0.15, 0.2) is 67.0 Å². The van der Waals surface area contributed by atoms with Gasteiger partial charge < -0.3 is 0 Å². The van der Waals surface area contributed by atoms with Gasteiger partial charge in [0.1, 0.15) is 5.65 Å². The fraction of sp³-hybridized carbons (Fsp3) is 0.0556. The van der Waals surface area contributed by atoms with Gasteiger partial charge in [-0.1, -0.05) is 48.5 Å². The van der Waals surface area contributed by atoms with Crippen molar-refractivity contribution in [3.05, 3.63) is 72.6 Å². The Kier molecular flexibility index (Phi) is 2.36. The summed E-state index contributed by atoms with van der Waals surface area (Å²) in [5, 5.41) is 2.41. The Morgan fingerprint density at radius 1 is 0.900 bits per heavy atom. The van der Waals surface area contributed by atoms with E-state index in [1.807, 2.05) is 6.20 Å². The Labute approximate surface area is 117 Å². The van der Waals surface area contributed by atoms with E-state index in [4.69, 9.17) is 0 Å². The van der Waals surface area contributed by atoms with E-state index in [1.165, 1.54) is 21.9 Å². The normalized spacial score (nSPS) is 11.2. The van der Waals surface area contributed by atoms with E-state index in [-0.39, 0.29) is 0 Å². The fourth-order valence-corrected chi connectivity index (χ4v) is 2.77. The number of nitrogens with zero attached hydrogens (tertiary/aromatic N) is 2. The van der Waals surface area contributed by atoms with E-state index in [0.717, 1.165) is 11.3 Å². The Morgan fingerprint density at radius 3 is 2.60 bits per heavy atom. The number of rotatable bonds is 1. The van der Waals surface area contributed by atoms with Crippen molar-refractivity contribution >= 4 is 16.4 Å². The second-order valence-corrected chi connectivity index (χ2v) is 5.05. The Morgan fingerprint density at radius 2 is 1.70 bits per heavy atom. The number of aryl methyl sites for hydroxylation is 1. The summed E-state index contributed by atoms with van der Waals surface area (Å²) < 4.78 is 2.17. The molecule has 0 radical (unpaired) electrons. The highest BCUT2D eigenvalue weighted by molar-refractivity contribution is 5.94. The van der Waals surface area contributed by atoms with Crippen LogP contribution >= 0.6 is 0 Å². The number of pyridine rings is 1. The molecule has 0 aliphatic heterocycles. The first-order valence-corrected chi connectivity index (χ1v) is 6.75. The minimum absolute atomic E-state index is 1.02. The van der Waals surface area contributed by atoms with Crippen LogP contribution in [0.25, 0.3) is 27.7 Å². The maximum absolute atomic E-state index is 4.63. The molecule has 0 saturated heterocycles. The molecule has 4 rings (SSSR count). The lowest BCUT2D eigenvalue weighted by Gasteiger charge is -2.06. The first kappa shape index (κ1) is 11.2. The van der Waals surface area contributed by atoms with Crippen LogP contribution in [0.1, 0.15) is 5.56 Å². The van der Waals surface area contributed by atoms with Crippen molar-refractivity contribution in [2.75, 3.05) is 0 Å². The summed E-state index contributed by atoms with van der Waals surface area (Å²) in [5.74, 6) is 0. The van der Waals surface area contributed by atoms with E-state index in [9.17, 15) is 0 Å². The number of hydrogen-bond acceptors (Lipinski definition) is 1. The van der Waals surface area contributed by atoms with E-state index >= 15 is 0 Å². The van der Waals surface area contributed by atoms with E-state index < -0.39 is 0 Å². The monoisotopic (exact) mass is 258 g/mol. The lowest BCUT2D eigenvalue weighted by atomic mass is 10.1. The van der Waals surface area contributed by atoms with Gasteiger partial charge in [0.2, 0.25) is 0 Å². The maximum Gasteiger partial charge on any atom is 0.145 e. The lowest BCUT2D eigenvalue weighted by molar-refractivity contribution is 1.20. The van der Waals surface area contributed by atoms with Gasteiger partial charge in [-0.25, -0.2) is 4.98 Å². The Bertz CT molecular complexity index is 919. The first-order valence-electron chi connectivity index (χ1n) is 6.75. The van der Waals surface area contributed by atoms with E-state index in [2.05, 4.69) is 77.1 Å². The van der Waals surface area contributed by atoms with E-state index in [1.54, 1.807) is 0 Å². The topological polar surface area (TPSA) is 17.3 Å². The Hall–Kier alpha value is -2.61. The molecule has 2 heterocycles. The molecule has 0 bridgehead atoms. The van der Waals surface area contributed by atoms with Crippen LogP contribution in [0.4, 0.5) is 0 Å². The lowest BCUT2D eigenvalue weighted by Crippen LogP contribution is -1.90. The molecule has 0 unspecified atom stereocenters. The van der Waals surface area contributed by atoms with Crippen molar-refractivity contribution in [2.24, 2.45) is 0 Å². The SMILES string of the molecule is Cc1ccccc1-c1cnc2c3ccccc3ccn12. The zero-order valence-corrected chi connectivity index (χ0v) is 11.2. The van der Waals surface area contributed by atoms with E-state index in [0.29, 0.717) is 0 Å². The van der Waals surface area contributed by atoms with Gasteiger partial charge >= 0.3 is 0 Å². The van der Waals surface area contributed by atoms with Gasteiger partial charge in [-0.15, -0.1) is 0 Å². The molecule has 0 N–H and O–H groups in total. The van der Waals surface area contributed by atoms with Crippen LogP contribution in [0.2, 0.25) is 0 Å². The summed E-state index contributed by atoms with van der Waals surface area (Å²) in [6, 6.07) is 18.9. The third-order valence-corrected chi connectivity index (χ3v) is 3.82. The molecule has 96 valence electrons. The predicted octanol–water partition coefficient (Wildman–Crippen LogP) is 4.46. The number of imidazole rings is 1. The molecular weight excluding hydrogens is 244 g/mol. The minimum atomic E-state index is 1.02. The second kappa shape index (κ2) is 4.20. The average molecular weight is 258 g/mol. The third-order valence-electron chi connectivity index (χ3n) is 3.82. The van der Waals surface area contributed by atoms with Crippen molar-refractivity contribution in [3.63, 3.8) is 0 Å². The number of benzene rings is 2. The fourth-order valence-electron chi connectivity index (χ4n) is 2.77. The van der Waals surface area contributed by atoms with Crippen molar-refractivity contribution in [2.45, 2.75) is 6.92 Å². The molecule has 0 fully saturated rings. The summed E-state index contributed by atoms with van der Waals surface area (Å²) in [7, 11) is 0. The smallest absolute Gasteiger partial charge is 0.145 e. The molecule has 2 nitrogen and oxygen atoms in total. The standard InChI is InChI=1S/C18H14N2/c1-13-6-2-4-8-15(13)17-12-19-18-16-9-5-3-7-14(16)10-11-20(17)18/h2-12H,1H3. The van der Waals surface area contributed by atoms with Crippen molar-refractivity contribution in [3.8, 4) is 11.3 Å².